The van der Waals surface area contributed by atoms with E-state index in [4.69, 9.17) is 4.74 Å². The van der Waals surface area contributed by atoms with Crippen LogP contribution in [0, 0.1) is 0 Å². The molecule has 1 unspecified atom stereocenters. The number of likely N-dealkylation sites (tertiary alicyclic amines) is 1. The number of ether oxygens (including phenoxy) is 1. The van der Waals surface area contributed by atoms with Crippen molar-refractivity contribution in [2.45, 2.75) is 25.6 Å². The molecule has 0 spiro atoms. The Morgan fingerprint density at radius 3 is 3.09 bits per heavy atom. The van der Waals surface area contributed by atoms with E-state index in [-0.39, 0.29) is 17.8 Å². The van der Waals surface area contributed by atoms with Gasteiger partial charge in [0.25, 0.3) is 5.91 Å². The second kappa shape index (κ2) is 6.74. The smallest absolute Gasteiger partial charge is 0.343 e. The normalized spacial score (nSPS) is 18.1. The Morgan fingerprint density at radius 1 is 1.52 bits per heavy atom. The number of piperidine rings is 1. The van der Waals surface area contributed by atoms with Gasteiger partial charge in [0.15, 0.2) is 0 Å². The van der Waals surface area contributed by atoms with Gasteiger partial charge < -0.3 is 9.64 Å². The molecular formula is C15H19N5O3. The summed E-state index contributed by atoms with van der Waals surface area (Å²) in [6, 6.07) is 3.82. The Labute approximate surface area is 133 Å². The molecule has 3 heterocycles. The maximum atomic E-state index is 12.4. The van der Waals surface area contributed by atoms with Gasteiger partial charge in [0.2, 0.25) is 5.82 Å². The van der Waals surface area contributed by atoms with Gasteiger partial charge >= 0.3 is 5.69 Å². The molecule has 23 heavy (non-hydrogen) atoms. The van der Waals surface area contributed by atoms with Gasteiger partial charge in [0.1, 0.15) is 0 Å². The third kappa shape index (κ3) is 3.65. The molecule has 8 nitrogen and oxygen atoms in total. The minimum absolute atomic E-state index is 0.0247. The molecule has 1 aliphatic rings. The lowest BCUT2D eigenvalue weighted by molar-refractivity contribution is -0.00715. The van der Waals surface area contributed by atoms with Crippen LogP contribution in [0.25, 0.3) is 0 Å². The fourth-order valence-corrected chi connectivity index (χ4v) is 2.60. The largest absolute Gasteiger partial charge is 0.372 e. The average molecular weight is 317 g/mol. The van der Waals surface area contributed by atoms with Crippen molar-refractivity contribution in [3.8, 4) is 0 Å². The number of carbonyl (C=O) groups excluding carboxylic acids is 1. The van der Waals surface area contributed by atoms with E-state index in [9.17, 15) is 9.59 Å². The molecule has 1 fully saturated rings. The van der Waals surface area contributed by atoms with Crippen molar-refractivity contribution in [2.24, 2.45) is 7.05 Å². The second-order valence-electron chi connectivity index (χ2n) is 5.59. The number of nitrogens with one attached hydrogen (secondary N) is 1. The first kappa shape index (κ1) is 15.4. The number of carbonyl (C=O) groups is 1. The minimum atomic E-state index is -0.394. The van der Waals surface area contributed by atoms with E-state index < -0.39 is 5.69 Å². The topological polar surface area (TPSA) is 93.1 Å². The first-order chi connectivity index (χ1) is 11.1. The van der Waals surface area contributed by atoms with Crippen LogP contribution in [-0.4, -0.2) is 49.7 Å². The summed E-state index contributed by atoms with van der Waals surface area (Å²) < 4.78 is 7.00. The van der Waals surface area contributed by atoms with Gasteiger partial charge in [0.05, 0.1) is 12.7 Å². The molecular weight excluding hydrogens is 298 g/mol. The SMILES string of the molecule is Cn1nc(C(=O)N2CCCC(OCc3cccnc3)C2)[nH]c1=O. The summed E-state index contributed by atoms with van der Waals surface area (Å²) in [5, 5.41) is 3.91. The molecule has 0 saturated carbocycles. The summed E-state index contributed by atoms with van der Waals surface area (Å²) in [4.78, 5) is 32.0. The maximum Gasteiger partial charge on any atom is 0.343 e. The van der Waals surface area contributed by atoms with Crippen molar-refractivity contribution in [2.75, 3.05) is 13.1 Å². The number of hydrogen-bond donors (Lipinski definition) is 1. The van der Waals surface area contributed by atoms with Gasteiger partial charge in [-0.2, -0.15) is 0 Å². The minimum Gasteiger partial charge on any atom is -0.372 e. The number of aryl methyl sites for hydroxylation is 1. The number of nitrogens with zero attached hydrogens (tertiary/aromatic N) is 4. The third-order valence-corrected chi connectivity index (χ3v) is 3.85. The number of pyridine rings is 1. The molecule has 0 aromatic carbocycles. The van der Waals surface area contributed by atoms with E-state index in [0.717, 1.165) is 23.1 Å². The van der Waals surface area contributed by atoms with Gasteiger partial charge in [0, 0.05) is 32.5 Å². The van der Waals surface area contributed by atoms with Crippen LogP contribution in [0.5, 0.6) is 0 Å². The number of hydrogen-bond acceptors (Lipinski definition) is 5. The van der Waals surface area contributed by atoms with E-state index in [0.29, 0.717) is 19.7 Å². The van der Waals surface area contributed by atoms with Crippen molar-refractivity contribution in [3.05, 3.63) is 46.4 Å². The van der Waals surface area contributed by atoms with E-state index in [2.05, 4.69) is 15.1 Å². The monoisotopic (exact) mass is 317 g/mol. The summed E-state index contributed by atoms with van der Waals surface area (Å²) in [7, 11) is 1.51. The highest BCUT2D eigenvalue weighted by Gasteiger charge is 2.27. The molecule has 3 rings (SSSR count). The highest BCUT2D eigenvalue weighted by Crippen LogP contribution is 2.16. The van der Waals surface area contributed by atoms with Gasteiger partial charge in [-0.15, -0.1) is 5.10 Å². The fraction of sp³-hybridized carbons (Fsp3) is 0.467. The second-order valence-corrected chi connectivity index (χ2v) is 5.59. The van der Waals surface area contributed by atoms with Crippen molar-refractivity contribution < 1.29 is 9.53 Å². The Hall–Kier alpha value is -2.48. The number of aromatic amines is 1. The van der Waals surface area contributed by atoms with Crippen LogP contribution >= 0.6 is 0 Å². The van der Waals surface area contributed by atoms with E-state index in [1.54, 1.807) is 17.3 Å². The molecule has 0 aliphatic carbocycles. The Balaban J connectivity index is 1.59. The highest BCUT2D eigenvalue weighted by molar-refractivity contribution is 5.90. The summed E-state index contributed by atoms with van der Waals surface area (Å²) in [6.45, 7) is 1.61. The predicted octanol–water partition coefficient (Wildman–Crippen LogP) is 0.325. The molecule has 1 N–H and O–H groups in total. The van der Waals surface area contributed by atoms with Crippen LogP contribution < -0.4 is 5.69 Å². The Bertz CT molecular complexity index is 724. The van der Waals surface area contributed by atoms with Crippen molar-refractivity contribution >= 4 is 5.91 Å². The number of H-pyrrole nitrogens is 1. The van der Waals surface area contributed by atoms with Crippen LogP contribution in [0.15, 0.2) is 29.3 Å². The average Bonchev–Trinajstić information content (AvgIpc) is 2.92. The lowest BCUT2D eigenvalue weighted by Crippen LogP contribution is -2.43. The first-order valence-corrected chi connectivity index (χ1v) is 7.56. The third-order valence-electron chi connectivity index (χ3n) is 3.85. The zero-order chi connectivity index (χ0) is 16.2. The fourth-order valence-electron chi connectivity index (χ4n) is 2.60. The van der Waals surface area contributed by atoms with Gasteiger partial charge in [-0.1, -0.05) is 6.07 Å². The molecule has 1 aliphatic heterocycles. The van der Waals surface area contributed by atoms with Crippen LogP contribution in [0.1, 0.15) is 29.0 Å². The summed E-state index contributed by atoms with van der Waals surface area (Å²) in [5.74, 6) is -0.192. The molecule has 122 valence electrons. The zero-order valence-corrected chi connectivity index (χ0v) is 12.9. The first-order valence-electron chi connectivity index (χ1n) is 7.56. The molecule has 0 radical (unpaired) electrons. The van der Waals surface area contributed by atoms with Gasteiger partial charge in [-0.05, 0) is 24.5 Å². The van der Waals surface area contributed by atoms with E-state index in [1.165, 1.54) is 7.05 Å². The van der Waals surface area contributed by atoms with Crippen LogP contribution in [0.4, 0.5) is 0 Å². The van der Waals surface area contributed by atoms with Gasteiger partial charge in [-0.3, -0.25) is 14.8 Å². The van der Waals surface area contributed by atoms with Gasteiger partial charge in [-0.25, -0.2) is 9.48 Å². The highest BCUT2D eigenvalue weighted by atomic mass is 16.5. The quantitative estimate of drug-likeness (QED) is 0.877. The molecule has 0 bridgehead atoms. The number of amides is 1. The lowest BCUT2D eigenvalue weighted by atomic mass is 10.1. The predicted molar refractivity (Wildman–Crippen MR) is 81.8 cm³/mol. The number of rotatable bonds is 4. The lowest BCUT2D eigenvalue weighted by Gasteiger charge is -2.32. The molecule has 8 heteroatoms. The van der Waals surface area contributed by atoms with Crippen molar-refractivity contribution in [1.82, 2.24) is 24.6 Å². The van der Waals surface area contributed by atoms with Crippen molar-refractivity contribution in [1.29, 1.82) is 0 Å². The zero-order valence-electron chi connectivity index (χ0n) is 12.9. The van der Waals surface area contributed by atoms with Crippen molar-refractivity contribution in [3.63, 3.8) is 0 Å². The summed E-state index contributed by atoms with van der Waals surface area (Å²) in [5.41, 5.74) is 0.611. The summed E-state index contributed by atoms with van der Waals surface area (Å²) in [6.07, 6.45) is 5.23. The van der Waals surface area contributed by atoms with Crippen LogP contribution in [0.3, 0.4) is 0 Å². The van der Waals surface area contributed by atoms with E-state index in [1.807, 2.05) is 12.1 Å². The molecule has 1 saturated heterocycles. The molecule has 1 atom stereocenters. The Kier molecular flexibility index (Phi) is 4.52. The van der Waals surface area contributed by atoms with Crippen LogP contribution in [-0.2, 0) is 18.4 Å². The molecule has 2 aromatic rings. The summed E-state index contributed by atoms with van der Waals surface area (Å²) >= 11 is 0. The van der Waals surface area contributed by atoms with E-state index >= 15 is 0 Å². The molecule has 2 aromatic heterocycles. The maximum absolute atomic E-state index is 12.4. The van der Waals surface area contributed by atoms with Crippen LogP contribution in [0.2, 0.25) is 0 Å². The Morgan fingerprint density at radius 2 is 2.39 bits per heavy atom. The standard InChI is InChI=1S/C15H19N5O3/c1-19-15(22)17-13(18-19)14(21)20-7-3-5-12(9-20)23-10-11-4-2-6-16-8-11/h2,4,6,8,12H,3,5,7,9-10H2,1H3,(H,17,18,22). The molecule has 1 amide bonds. The number of aromatic nitrogens is 4.